The van der Waals surface area contributed by atoms with Gasteiger partial charge in [0.2, 0.25) is 0 Å². The van der Waals surface area contributed by atoms with Gasteiger partial charge in [0.05, 0.1) is 16.4 Å². The third-order valence-electron chi connectivity index (χ3n) is 3.46. The number of hydrogen-bond donors (Lipinski definition) is 1. The summed E-state index contributed by atoms with van der Waals surface area (Å²) >= 11 is 1.78. The number of rotatable bonds is 2. The van der Waals surface area contributed by atoms with Crippen LogP contribution in [0.5, 0.6) is 0 Å². The number of hydrogen-bond acceptors (Lipinski definition) is 4. The normalized spacial score (nSPS) is 20.2. The fraction of sp³-hybridized carbons (Fsp3) is 0.538. The highest BCUT2D eigenvalue weighted by Crippen LogP contribution is 2.30. The Morgan fingerprint density at radius 2 is 2.39 bits per heavy atom. The van der Waals surface area contributed by atoms with Crippen molar-refractivity contribution in [1.82, 2.24) is 20.1 Å². The molecule has 0 bridgehead atoms. The van der Waals surface area contributed by atoms with E-state index < -0.39 is 0 Å². The van der Waals surface area contributed by atoms with Crippen LogP contribution in [0.15, 0.2) is 11.6 Å². The van der Waals surface area contributed by atoms with Crippen molar-refractivity contribution in [3.8, 4) is 11.3 Å². The molecule has 96 valence electrons. The lowest BCUT2D eigenvalue weighted by Crippen LogP contribution is -2.28. The number of aromatic nitrogens is 3. The highest BCUT2D eigenvalue weighted by molar-refractivity contribution is 7.10. The molecular formula is C13H18N4S. The van der Waals surface area contributed by atoms with Gasteiger partial charge in [0.25, 0.3) is 0 Å². The second-order valence-corrected chi connectivity index (χ2v) is 5.81. The Labute approximate surface area is 111 Å². The van der Waals surface area contributed by atoms with Gasteiger partial charge in [-0.25, -0.2) is 4.98 Å². The molecule has 0 radical (unpaired) electrons. The van der Waals surface area contributed by atoms with E-state index in [1.165, 1.54) is 17.8 Å². The first kappa shape index (κ1) is 11.9. The molecule has 0 aliphatic carbocycles. The minimum Gasteiger partial charge on any atom is -0.316 e. The molecule has 18 heavy (non-hydrogen) atoms. The fourth-order valence-electron chi connectivity index (χ4n) is 2.51. The third-order valence-corrected chi connectivity index (χ3v) is 4.46. The van der Waals surface area contributed by atoms with Gasteiger partial charge < -0.3 is 5.32 Å². The monoisotopic (exact) mass is 262 g/mol. The summed E-state index contributed by atoms with van der Waals surface area (Å²) in [6.07, 6.45) is 4.56. The molecule has 4 nitrogen and oxygen atoms in total. The quantitative estimate of drug-likeness (QED) is 0.903. The van der Waals surface area contributed by atoms with Gasteiger partial charge in [-0.15, -0.1) is 11.3 Å². The number of nitrogens with one attached hydrogen (secondary N) is 1. The molecule has 3 heterocycles. The Morgan fingerprint density at radius 1 is 1.50 bits per heavy atom. The zero-order valence-corrected chi connectivity index (χ0v) is 11.6. The molecule has 1 atom stereocenters. The highest BCUT2D eigenvalue weighted by atomic mass is 32.1. The van der Waals surface area contributed by atoms with Crippen LogP contribution in [0.3, 0.4) is 0 Å². The highest BCUT2D eigenvalue weighted by Gasteiger charge is 2.19. The summed E-state index contributed by atoms with van der Waals surface area (Å²) in [7, 11) is 1.95. The molecule has 2 aromatic heterocycles. The number of nitrogens with zero attached hydrogens (tertiary/aromatic N) is 3. The van der Waals surface area contributed by atoms with Crippen molar-refractivity contribution < 1.29 is 0 Å². The van der Waals surface area contributed by atoms with Gasteiger partial charge in [0.15, 0.2) is 0 Å². The molecule has 0 saturated carbocycles. The average molecular weight is 262 g/mol. The van der Waals surface area contributed by atoms with Gasteiger partial charge in [0, 0.05) is 36.7 Å². The van der Waals surface area contributed by atoms with Crippen LogP contribution in [0.25, 0.3) is 11.3 Å². The summed E-state index contributed by atoms with van der Waals surface area (Å²) in [5.41, 5.74) is 3.28. The number of aryl methyl sites for hydroxylation is 2. The lowest BCUT2D eigenvalue weighted by atomic mass is 10.0. The Kier molecular flexibility index (Phi) is 3.18. The van der Waals surface area contributed by atoms with Gasteiger partial charge in [-0.05, 0) is 26.3 Å². The van der Waals surface area contributed by atoms with Crippen molar-refractivity contribution in [2.24, 2.45) is 7.05 Å². The van der Waals surface area contributed by atoms with E-state index >= 15 is 0 Å². The minimum absolute atomic E-state index is 0.592. The van der Waals surface area contributed by atoms with Crippen LogP contribution in [0.2, 0.25) is 0 Å². The molecular weight excluding hydrogens is 244 g/mol. The van der Waals surface area contributed by atoms with Crippen LogP contribution < -0.4 is 5.32 Å². The van der Waals surface area contributed by atoms with Crippen molar-refractivity contribution in [3.63, 3.8) is 0 Å². The maximum atomic E-state index is 4.80. The van der Waals surface area contributed by atoms with Crippen molar-refractivity contribution >= 4 is 11.3 Å². The van der Waals surface area contributed by atoms with E-state index in [1.54, 1.807) is 11.3 Å². The zero-order valence-electron chi connectivity index (χ0n) is 10.8. The maximum Gasteiger partial charge on any atom is 0.0976 e. The predicted molar refractivity (Wildman–Crippen MR) is 73.9 cm³/mol. The summed E-state index contributed by atoms with van der Waals surface area (Å²) in [5.74, 6) is 0.592. The molecule has 3 rings (SSSR count). The molecule has 1 unspecified atom stereocenters. The lowest BCUT2D eigenvalue weighted by molar-refractivity contribution is 0.460. The first-order valence-electron chi connectivity index (χ1n) is 6.41. The third kappa shape index (κ3) is 2.20. The van der Waals surface area contributed by atoms with Gasteiger partial charge in [0.1, 0.15) is 0 Å². The summed E-state index contributed by atoms with van der Waals surface area (Å²) in [6.45, 7) is 4.26. The van der Waals surface area contributed by atoms with Crippen molar-refractivity contribution in [2.45, 2.75) is 25.7 Å². The first-order valence-corrected chi connectivity index (χ1v) is 7.29. The topological polar surface area (TPSA) is 42.7 Å². The Hall–Kier alpha value is -1.20. The van der Waals surface area contributed by atoms with E-state index in [4.69, 9.17) is 4.98 Å². The number of piperidine rings is 1. The molecule has 1 fully saturated rings. The average Bonchev–Trinajstić information content (AvgIpc) is 2.97. The molecule has 0 spiro atoms. The van der Waals surface area contributed by atoms with Gasteiger partial charge in [-0.2, -0.15) is 5.10 Å². The fourth-order valence-corrected chi connectivity index (χ4v) is 3.47. The van der Waals surface area contributed by atoms with E-state index in [2.05, 4.69) is 15.8 Å². The largest absolute Gasteiger partial charge is 0.316 e. The van der Waals surface area contributed by atoms with Crippen molar-refractivity contribution in [1.29, 1.82) is 0 Å². The maximum absolute atomic E-state index is 4.80. The van der Waals surface area contributed by atoms with Crippen LogP contribution in [-0.4, -0.2) is 27.9 Å². The Bertz CT molecular complexity index is 537. The molecule has 0 aromatic carbocycles. The van der Waals surface area contributed by atoms with E-state index in [0.29, 0.717) is 5.92 Å². The summed E-state index contributed by atoms with van der Waals surface area (Å²) < 4.78 is 1.85. The second kappa shape index (κ2) is 4.82. The lowest BCUT2D eigenvalue weighted by Gasteiger charge is -2.20. The Morgan fingerprint density at radius 3 is 3.06 bits per heavy atom. The second-order valence-electron chi connectivity index (χ2n) is 4.92. The van der Waals surface area contributed by atoms with Crippen LogP contribution in [0, 0.1) is 6.92 Å². The predicted octanol–water partition coefficient (Wildman–Crippen LogP) is 2.32. The SMILES string of the molecule is Cc1nn(C)cc1-c1csc(C2CCCNC2)n1. The van der Waals surface area contributed by atoms with Gasteiger partial charge in [-0.1, -0.05) is 0 Å². The van der Waals surface area contributed by atoms with E-state index in [-0.39, 0.29) is 0 Å². The van der Waals surface area contributed by atoms with Crippen molar-refractivity contribution in [2.75, 3.05) is 13.1 Å². The molecule has 5 heteroatoms. The van der Waals surface area contributed by atoms with Crippen LogP contribution >= 0.6 is 11.3 Å². The van der Waals surface area contributed by atoms with Gasteiger partial charge >= 0.3 is 0 Å². The molecule has 1 aliphatic heterocycles. The first-order chi connectivity index (χ1) is 8.74. The van der Waals surface area contributed by atoms with E-state index in [9.17, 15) is 0 Å². The van der Waals surface area contributed by atoms with Crippen LogP contribution in [0.4, 0.5) is 0 Å². The van der Waals surface area contributed by atoms with Crippen LogP contribution in [-0.2, 0) is 7.05 Å². The molecule has 0 amide bonds. The molecule has 1 N–H and O–H groups in total. The number of thiazole rings is 1. The molecule has 1 saturated heterocycles. The van der Waals surface area contributed by atoms with Crippen LogP contribution in [0.1, 0.15) is 29.5 Å². The summed E-state index contributed by atoms with van der Waals surface area (Å²) in [5, 5.41) is 11.3. The molecule has 2 aromatic rings. The smallest absolute Gasteiger partial charge is 0.0976 e. The van der Waals surface area contributed by atoms with E-state index in [0.717, 1.165) is 30.0 Å². The minimum atomic E-state index is 0.592. The molecule has 1 aliphatic rings. The summed E-state index contributed by atoms with van der Waals surface area (Å²) in [6, 6.07) is 0. The standard InChI is InChI=1S/C13H18N4S/c1-9-11(7-17(2)16-9)12-8-18-13(15-12)10-4-3-5-14-6-10/h7-8,10,14H,3-6H2,1-2H3. The zero-order chi connectivity index (χ0) is 12.5. The van der Waals surface area contributed by atoms with E-state index in [1.807, 2.05) is 24.9 Å². The van der Waals surface area contributed by atoms with Crippen molar-refractivity contribution in [3.05, 3.63) is 22.3 Å². The summed E-state index contributed by atoms with van der Waals surface area (Å²) in [4.78, 5) is 4.80. The van der Waals surface area contributed by atoms with Gasteiger partial charge in [-0.3, -0.25) is 4.68 Å². The Balaban J connectivity index is 1.86.